The second-order valence-corrected chi connectivity index (χ2v) is 6.37. The van der Waals surface area contributed by atoms with Crippen LogP contribution in [0.5, 0.6) is 0 Å². The Kier molecular flexibility index (Phi) is 3.79. The van der Waals surface area contributed by atoms with Crippen LogP contribution >= 0.6 is 11.5 Å². The summed E-state index contributed by atoms with van der Waals surface area (Å²) in [5.41, 5.74) is 2.91. The molecule has 1 atom stereocenters. The third-order valence-corrected chi connectivity index (χ3v) is 4.86. The quantitative estimate of drug-likeness (QED) is 0.579. The molecule has 1 N–H and O–H groups in total. The molecule has 1 aromatic heterocycles. The van der Waals surface area contributed by atoms with E-state index in [0.29, 0.717) is 0 Å². The SMILES string of the molecule is O=[N+]([O-])c1ccc2snc(-c3ccc(C4N=CCCN4)cc3)c2c1. The number of hydrogen-bond acceptors (Lipinski definition) is 6. The smallest absolute Gasteiger partial charge is 0.270 e. The molecule has 1 unspecified atom stereocenters. The van der Waals surface area contributed by atoms with E-state index in [2.05, 4.69) is 14.7 Å². The van der Waals surface area contributed by atoms with E-state index in [1.807, 2.05) is 30.5 Å². The average Bonchev–Trinajstić information content (AvgIpc) is 3.06. The van der Waals surface area contributed by atoms with Crippen molar-refractivity contribution in [2.24, 2.45) is 4.99 Å². The first-order valence-corrected chi connectivity index (χ1v) is 8.39. The van der Waals surface area contributed by atoms with Gasteiger partial charge in [-0.1, -0.05) is 24.3 Å². The molecule has 1 aliphatic heterocycles. The lowest BCUT2D eigenvalue weighted by molar-refractivity contribution is -0.384. The summed E-state index contributed by atoms with van der Waals surface area (Å²) in [5.74, 6) is 0. The molecule has 0 aliphatic carbocycles. The highest BCUT2D eigenvalue weighted by Crippen LogP contribution is 2.33. The van der Waals surface area contributed by atoms with Crippen molar-refractivity contribution in [3.8, 4) is 11.3 Å². The van der Waals surface area contributed by atoms with Gasteiger partial charge >= 0.3 is 0 Å². The van der Waals surface area contributed by atoms with Crippen LogP contribution in [0.2, 0.25) is 0 Å². The minimum absolute atomic E-state index is 0.000987. The first-order valence-electron chi connectivity index (χ1n) is 7.61. The van der Waals surface area contributed by atoms with Crippen LogP contribution in [-0.2, 0) is 0 Å². The van der Waals surface area contributed by atoms with Crippen LogP contribution in [0, 0.1) is 10.1 Å². The number of nitro groups is 1. The predicted octanol–water partition coefficient (Wildman–Crippen LogP) is 3.93. The fourth-order valence-corrected chi connectivity index (χ4v) is 3.57. The van der Waals surface area contributed by atoms with Crippen LogP contribution < -0.4 is 5.32 Å². The van der Waals surface area contributed by atoms with E-state index < -0.39 is 0 Å². The molecular weight excluding hydrogens is 324 g/mol. The highest BCUT2D eigenvalue weighted by Gasteiger charge is 2.15. The number of aliphatic imine (C=N–C) groups is 1. The number of nitrogens with zero attached hydrogens (tertiary/aromatic N) is 3. The van der Waals surface area contributed by atoms with Gasteiger partial charge in [-0.05, 0) is 29.6 Å². The summed E-state index contributed by atoms with van der Waals surface area (Å²) in [4.78, 5) is 15.1. The number of fused-ring (bicyclic) bond motifs is 1. The van der Waals surface area contributed by atoms with Crippen molar-refractivity contribution < 1.29 is 4.92 Å². The molecule has 2 aromatic carbocycles. The summed E-state index contributed by atoms with van der Waals surface area (Å²) in [6.45, 7) is 0.927. The van der Waals surface area contributed by atoms with Gasteiger partial charge in [-0.25, -0.2) is 0 Å². The molecule has 24 heavy (non-hydrogen) atoms. The number of aromatic nitrogens is 1. The zero-order valence-electron chi connectivity index (χ0n) is 12.7. The van der Waals surface area contributed by atoms with Gasteiger partial charge in [-0.2, -0.15) is 4.37 Å². The summed E-state index contributed by atoms with van der Waals surface area (Å²) in [5, 5.41) is 15.2. The lowest BCUT2D eigenvalue weighted by Gasteiger charge is -2.18. The Morgan fingerprint density at radius 2 is 2.04 bits per heavy atom. The maximum absolute atomic E-state index is 11.0. The number of nitrogens with one attached hydrogen (secondary N) is 1. The molecule has 120 valence electrons. The number of hydrogen-bond donors (Lipinski definition) is 1. The van der Waals surface area contributed by atoms with E-state index in [0.717, 1.165) is 39.9 Å². The average molecular weight is 338 g/mol. The van der Waals surface area contributed by atoms with Gasteiger partial charge in [0.25, 0.3) is 5.69 Å². The Hall–Kier alpha value is -2.64. The molecule has 7 heteroatoms. The number of nitro benzene ring substituents is 1. The molecule has 0 bridgehead atoms. The molecule has 0 radical (unpaired) electrons. The van der Waals surface area contributed by atoms with Gasteiger partial charge in [0.05, 0.1) is 15.3 Å². The van der Waals surface area contributed by atoms with Gasteiger partial charge in [0.1, 0.15) is 6.17 Å². The Morgan fingerprint density at radius 1 is 1.21 bits per heavy atom. The topological polar surface area (TPSA) is 80.4 Å². The van der Waals surface area contributed by atoms with Gasteiger partial charge in [-0.3, -0.25) is 20.4 Å². The number of benzene rings is 2. The maximum Gasteiger partial charge on any atom is 0.270 e. The van der Waals surface area contributed by atoms with E-state index >= 15 is 0 Å². The zero-order valence-corrected chi connectivity index (χ0v) is 13.5. The monoisotopic (exact) mass is 338 g/mol. The van der Waals surface area contributed by atoms with E-state index in [4.69, 9.17) is 0 Å². The van der Waals surface area contributed by atoms with Crippen LogP contribution in [0.1, 0.15) is 18.2 Å². The highest BCUT2D eigenvalue weighted by molar-refractivity contribution is 7.13. The van der Waals surface area contributed by atoms with Crippen molar-refractivity contribution >= 4 is 33.5 Å². The Bertz CT molecular complexity index is 933. The Balaban J connectivity index is 1.72. The van der Waals surface area contributed by atoms with Crippen LogP contribution in [0.4, 0.5) is 5.69 Å². The van der Waals surface area contributed by atoms with Gasteiger partial charge < -0.3 is 0 Å². The van der Waals surface area contributed by atoms with E-state index in [1.54, 1.807) is 12.1 Å². The second kappa shape index (κ2) is 6.10. The van der Waals surface area contributed by atoms with Crippen molar-refractivity contribution in [1.82, 2.24) is 9.69 Å². The van der Waals surface area contributed by atoms with Gasteiger partial charge in [-0.15, -0.1) is 0 Å². The van der Waals surface area contributed by atoms with Crippen LogP contribution in [0.3, 0.4) is 0 Å². The van der Waals surface area contributed by atoms with Crippen LogP contribution in [0.15, 0.2) is 47.5 Å². The van der Waals surface area contributed by atoms with Crippen molar-refractivity contribution in [3.63, 3.8) is 0 Å². The first-order chi connectivity index (χ1) is 11.7. The van der Waals surface area contributed by atoms with Crippen molar-refractivity contribution in [1.29, 1.82) is 0 Å². The standard InChI is InChI=1S/C17H14N4O2S/c22-21(23)13-6-7-15-14(10-13)16(20-24-15)11-2-4-12(5-3-11)17-18-8-1-9-19-17/h2-8,10,17,19H,1,9H2. The lowest BCUT2D eigenvalue weighted by atomic mass is 10.0. The molecule has 6 nitrogen and oxygen atoms in total. The summed E-state index contributed by atoms with van der Waals surface area (Å²) in [6, 6.07) is 12.9. The molecule has 1 aliphatic rings. The molecule has 0 fully saturated rings. The highest BCUT2D eigenvalue weighted by atomic mass is 32.1. The molecule has 0 saturated heterocycles. The largest absolute Gasteiger partial charge is 0.292 e. The van der Waals surface area contributed by atoms with E-state index in [1.165, 1.54) is 17.6 Å². The maximum atomic E-state index is 11.0. The summed E-state index contributed by atoms with van der Waals surface area (Å²) in [6.07, 6.45) is 2.90. The van der Waals surface area contributed by atoms with Crippen molar-refractivity contribution in [2.75, 3.05) is 6.54 Å². The van der Waals surface area contributed by atoms with E-state index in [-0.39, 0.29) is 16.8 Å². The van der Waals surface area contributed by atoms with Gasteiger partial charge in [0, 0.05) is 35.8 Å². The number of rotatable bonds is 3. The molecule has 0 amide bonds. The Labute approximate surface area is 142 Å². The van der Waals surface area contributed by atoms with Crippen LogP contribution in [0.25, 0.3) is 21.3 Å². The fourth-order valence-electron chi connectivity index (χ4n) is 2.79. The molecule has 0 saturated carbocycles. The summed E-state index contributed by atoms with van der Waals surface area (Å²) in [7, 11) is 0. The summed E-state index contributed by atoms with van der Waals surface area (Å²) < 4.78 is 5.42. The van der Waals surface area contributed by atoms with Gasteiger partial charge in [0.2, 0.25) is 0 Å². The molecule has 0 spiro atoms. The molecule has 2 heterocycles. The van der Waals surface area contributed by atoms with Crippen molar-refractivity contribution in [2.45, 2.75) is 12.6 Å². The first kappa shape index (κ1) is 14.9. The number of non-ortho nitro benzene ring substituents is 1. The predicted molar refractivity (Wildman–Crippen MR) is 95.6 cm³/mol. The lowest BCUT2D eigenvalue weighted by Crippen LogP contribution is -2.24. The Morgan fingerprint density at radius 3 is 2.75 bits per heavy atom. The fraction of sp³-hybridized carbons (Fsp3) is 0.176. The van der Waals surface area contributed by atoms with E-state index in [9.17, 15) is 10.1 Å². The third kappa shape index (κ3) is 2.68. The van der Waals surface area contributed by atoms with Crippen molar-refractivity contribution in [3.05, 3.63) is 58.1 Å². The minimum Gasteiger partial charge on any atom is -0.292 e. The summed E-state index contributed by atoms with van der Waals surface area (Å²) >= 11 is 1.35. The second-order valence-electron chi connectivity index (χ2n) is 5.57. The molecule has 4 rings (SSSR count). The van der Waals surface area contributed by atoms with Crippen LogP contribution in [-0.4, -0.2) is 22.1 Å². The third-order valence-electron chi connectivity index (χ3n) is 4.03. The molecular formula is C17H14N4O2S. The minimum atomic E-state index is -0.378. The van der Waals surface area contributed by atoms with Gasteiger partial charge in [0.15, 0.2) is 0 Å². The molecule has 3 aromatic rings. The normalized spacial score (nSPS) is 17.2. The zero-order chi connectivity index (χ0) is 16.5.